The second-order valence-corrected chi connectivity index (χ2v) is 11.6. The summed E-state index contributed by atoms with van der Waals surface area (Å²) in [5, 5.41) is 3.07. The van der Waals surface area contributed by atoms with E-state index in [9.17, 15) is 13.2 Å². The first-order valence-corrected chi connectivity index (χ1v) is 12.8. The Labute approximate surface area is 209 Å². The van der Waals surface area contributed by atoms with Gasteiger partial charge in [-0.25, -0.2) is 12.7 Å². The lowest BCUT2D eigenvalue weighted by molar-refractivity contribution is -0.119. The number of amides is 1. The van der Waals surface area contributed by atoms with Crippen LogP contribution in [0.25, 0.3) is 11.1 Å². The minimum absolute atomic E-state index is 0. The number of piperidine rings is 1. The largest absolute Gasteiger partial charge is 0.492 e. The molecule has 0 aromatic heterocycles. The summed E-state index contributed by atoms with van der Waals surface area (Å²) in [6, 6.07) is 14.6. The molecule has 7 nitrogen and oxygen atoms in total. The number of carbonyl (C=O) groups is 1. The number of carbonyl (C=O) groups excluding carboxylic acids is 1. The van der Waals surface area contributed by atoms with Gasteiger partial charge in [0.1, 0.15) is 12.4 Å². The normalized spacial score (nSPS) is 15.5. The second kappa shape index (κ2) is 11.5. The summed E-state index contributed by atoms with van der Waals surface area (Å²) in [4.78, 5) is 11.7. The van der Waals surface area contributed by atoms with Gasteiger partial charge in [-0.2, -0.15) is 0 Å². The fourth-order valence-corrected chi connectivity index (χ4v) is 5.76. The van der Waals surface area contributed by atoms with E-state index in [0.29, 0.717) is 32.5 Å². The molecule has 188 valence electrons. The number of aryl methyl sites for hydroxylation is 1. The molecule has 0 bridgehead atoms. The number of likely N-dealkylation sites (N-methyl/N-ethyl adjacent to an activating group) is 1. The van der Waals surface area contributed by atoms with Gasteiger partial charge >= 0.3 is 0 Å². The molecule has 1 saturated heterocycles. The van der Waals surface area contributed by atoms with E-state index >= 15 is 0 Å². The molecule has 2 aromatic carbocycles. The molecule has 9 heteroatoms. The average Bonchev–Trinajstić information content (AvgIpc) is 2.79. The molecule has 0 radical (unpaired) electrons. The van der Waals surface area contributed by atoms with Gasteiger partial charge in [0.2, 0.25) is 15.9 Å². The summed E-state index contributed by atoms with van der Waals surface area (Å²) in [5.41, 5.74) is 9.99. The van der Waals surface area contributed by atoms with E-state index in [4.69, 9.17) is 10.5 Å². The zero-order chi connectivity index (χ0) is 24.2. The van der Waals surface area contributed by atoms with E-state index in [-0.39, 0.29) is 18.3 Å². The fraction of sp³-hybridized carbons (Fsp3) is 0.480. The standard InChI is InChI=1S/C25H35N3O4S.ClH/c1-18-16-20(8-9-23(18)21-6-5-7-22(17-21)32-15-12-27-4)19-10-13-28(14-11-19)33(30,31)25(2,3)24(26)29;/h5-9,16-17,19,27H,10-15H2,1-4H3,(H2,26,29);1H. The highest BCUT2D eigenvalue weighted by Crippen LogP contribution is 2.35. The third kappa shape index (κ3) is 5.92. The van der Waals surface area contributed by atoms with E-state index in [1.54, 1.807) is 0 Å². The molecule has 1 aliphatic rings. The predicted molar refractivity (Wildman–Crippen MR) is 139 cm³/mol. The Morgan fingerprint density at radius 2 is 1.85 bits per heavy atom. The lowest BCUT2D eigenvalue weighted by Gasteiger charge is -2.35. The smallest absolute Gasteiger partial charge is 0.239 e. The van der Waals surface area contributed by atoms with Crippen LogP contribution < -0.4 is 15.8 Å². The van der Waals surface area contributed by atoms with Gasteiger partial charge in [-0.3, -0.25) is 4.79 Å². The maximum absolute atomic E-state index is 12.9. The van der Waals surface area contributed by atoms with Gasteiger partial charge in [0.15, 0.2) is 4.75 Å². The summed E-state index contributed by atoms with van der Waals surface area (Å²) >= 11 is 0. The number of nitrogens with zero attached hydrogens (tertiary/aromatic N) is 1. The van der Waals surface area contributed by atoms with Crippen molar-refractivity contribution in [3.63, 3.8) is 0 Å². The summed E-state index contributed by atoms with van der Waals surface area (Å²) < 4.78 is 31.3. The molecule has 3 rings (SSSR count). The SMILES string of the molecule is CNCCOc1cccc(-c2ccc(C3CCN(S(=O)(=O)C(C)(C)C(N)=O)CC3)cc2C)c1.Cl. The van der Waals surface area contributed by atoms with Crippen molar-refractivity contribution in [1.82, 2.24) is 9.62 Å². The van der Waals surface area contributed by atoms with Crippen molar-refractivity contribution >= 4 is 28.3 Å². The number of ether oxygens (including phenoxy) is 1. The molecule has 0 atom stereocenters. The van der Waals surface area contributed by atoms with E-state index in [1.165, 1.54) is 29.3 Å². The number of benzene rings is 2. The topological polar surface area (TPSA) is 102 Å². The molecule has 0 unspecified atom stereocenters. The quantitative estimate of drug-likeness (QED) is 0.504. The Morgan fingerprint density at radius 3 is 2.44 bits per heavy atom. The Balaban J connectivity index is 0.00000408. The molecule has 34 heavy (non-hydrogen) atoms. The number of nitrogens with two attached hydrogens (primary N) is 1. The highest BCUT2D eigenvalue weighted by Gasteiger charge is 2.45. The summed E-state index contributed by atoms with van der Waals surface area (Å²) in [6.45, 7) is 7.02. The molecule has 2 aromatic rings. The van der Waals surface area contributed by atoms with Gasteiger partial charge in [0.25, 0.3) is 0 Å². The zero-order valence-electron chi connectivity index (χ0n) is 20.3. The van der Waals surface area contributed by atoms with Gasteiger partial charge in [0.05, 0.1) is 0 Å². The van der Waals surface area contributed by atoms with Gasteiger partial charge < -0.3 is 15.8 Å². The number of sulfonamides is 1. The summed E-state index contributed by atoms with van der Waals surface area (Å²) in [6.07, 6.45) is 1.42. The van der Waals surface area contributed by atoms with Gasteiger partial charge in [-0.1, -0.05) is 30.3 Å². The molecule has 1 heterocycles. The first kappa shape index (κ1) is 28.1. The first-order chi connectivity index (χ1) is 15.6. The van der Waals surface area contributed by atoms with Crippen LogP contribution in [0.5, 0.6) is 5.75 Å². The number of hydrogen-bond donors (Lipinski definition) is 2. The molecule has 0 saturated carbocycles. The maximum atomic E-state index is 12.9. The second-order valence-electron chi connectivity index (χ2n) is 9.11. The number of nitrogens with one attached hydrogen (secondary N) is 1. The number of hydrogen-bond acceptors (Lipinski definition) is 5. The Morgan fingerprint density at radius 1 is 1.18 bits per heavy atom. The van der Waals surface area contributed by atoms with E-state index < -0.39 is 20.7 Å². The highest BCUT2D eigenvalue weighted by atomic mass is 35.5. The van der Waals surface area contributed by atoms with Gasteiger partial charge in [0, 0.05) is 19.6 Å². The summed E-state index contributed by atoms with van der Waals surface area (Å²) in [7, 11) is -1.89. The number of halogens is 1. The molecule has 1 amide bonds. The van der Waals surface area contributed by atoms with Crippen LogP contribution in [0, 0.1) is 6.92 Å². The fourth-order valence-electron chi connectivity index (χ4n) is 4.17. The van der Waals surface area contributed by atoms with Crippen molar-refractivity contribution in [1.29, 1.82) is 0 Å². The predicted octanol–water partition coefficient (Wildman–Crippen LogP) is 3.46. The van der Waals surface area contributed by atoms with Crippen LogP contribution in [-0.4, -0.2) is 56.7 Å². The third-order valence-electron chi connectivity index (χ3n) is 6.52. The minimum atomic E-state index is -3.79. The average molecular weight is 510 g/mol. The zero-order valence-corrected chi connectivity index (χ0v) is 22.0. The Kier molecular flexibility index (Phi) is 9.53. The van der Waals surface area contributed by atoms with E-state index in [0.717, 1.165) is 23.4 Å². The van der Waals surface area contributed by atoms with Crippen LogP contribution in [0.2, 0.25) is 0 Å². The Bertz CT molecular complexity index is 1100. The molecular weight excluding hydrogens is 474 g/mol. The lowest BCUT2D eigenvalue weighted by atomic mass is 9.87. The van der Waals surface area contributed by atoms with Crippen LogP contribution >= 0.6 is 12.4 Å². The van der Waals surface area contributed by atoms with Crippen molar-refractivity contribution in [2.24, 2.45) is 5.73 Å². The van der Waals surface area contributed by atoms with Crippen LogP contribution in [0.15, 0.2) is 42.5 Å². The molecular formula is C25H36ClN3O4S. The third-order valence-corrected chi connectivity index (χ3v) is 9.06. The Hall–Kier alpha value is -2.13. The number of primary amides is 1. The highest BCUT2D eigenvalue weighted by molar-refractivity contribution is 7.91. The maximum Gasteiger partial charge on any atom is 0.239 e. The van der Waals surface area contributed by atoms with Crippen molar-refractivity contribution in [3.8, 4) is 16.9 Å². The molecule has 0 aliphatic carbocycles. The van der Waals surface area contributed by atoms with Crippen LogP contribution in [0.1, 0.15) is 43.7 Å². The van der Waals surface area contributed by atoms with Crippen LogP contribution in [0.4, 0.5) is 0 Å². The molecule has 3 N–H and O–H groups in total. The monoisotopic (exact) mass is 509 g/mol. The summed E-state index contributed by atoms with van der Waals surface area (Å²) in [5.74, 6) is 0.295. The van der Waals surface area contributed by atoms with E-state index in [1.807, 2.05) is 19.2 Å². The molecule has 1 fully saturated rings. The van der Waals surface area contributed by atoms with Gasteiger partial charge in [-0.15, -0.1) is 12.4 Å². The minimum Gasteiger partial charge on any atom is -0.492 e. The molecule has 1 aliphatic heterocycles. The first-order valence-electron chi connectivity index (χ1n) is 11.4. The molecule has 0 spiro atoms. The lowest BCUT2D eigenvalue weighted by Crippen LogP contribution is -2.53. The van der Waals surface area contributed by atoms with Crippen molar-refractivity contribution < 1.29 is 17.9 Å². The van der Waals surface area contributed by atoms with Crippen LogP contribution in [0.3, 0.4) is 0 Å². The van der Waals surface area contributed by atoms with E-state index in [2.05, 4.69) is 42.6 Å². The van der Waals surface area contributed by atoms with Crippen molar-refractivity contribution in [2.45, 2.75) is 44.3 Å². The van der Waals surface area contributed by atoms with Gasteiger partial charge in [-0.05, 0) is 81.0 Å². The van der Waals surface area contributed by atoms with Crippen molar-refractivity contribution in [3.05, 3.63) is 53.6 Å². The van der Waals surface area contributed by atoms with Crippen LogP contribution in [-0.2, 0) is 14.8 Å². The van der Waals surface area contributed by atoms with Crippen molar-refractivity contribution in [2.75, 3.05) is 33.3 Å². The number of rotatable bonds is 9.